The lowest BCUT2D eigenvalue weighted by molar-refractivity contribution is 0.187. The molecule has 0 aliphatic carbocycles. The van der Waals surface area contributed by atoms with E-state index < -0.39 is 0 Å². The molecule has 0 unspecified atom stereocenters. The molecule has 3 heterocycles. The van der Waals surface area contributed by atoms with E-state index >= 15 is 0 Å². The molecule has 0 spiro atoms. The Bertz CT molecular complexity index is 458. The molecule has 21 heavy (non-hydrogen) atoms. The molecule has 2 atom stereocenters. The Labute approximate surface area is 128 Å². The van der Waals surface area contributed by atoms with Crippen LogP contribution in [0.1, 0.15) is 24.8 Å². The maximum Gasteiger partial charge on any atom is 0.224 e. The molecule has 116 valence electrons. The SMILES string of the molecule is CN(C)c1ncc(CN2C[C@H]3CCC[C@@H](C2)N(C)C3)cn1. The van der Waals surface area contributed by atoms with Crippen LogP contribution in [-0.2, 0) is 6.54 Å². The van der Waals surface area contributed by atoms with Crippen LogP contribution in [0.3, 0.4) is 0 Å². The summed E-state index contributed by atoms with van der Waals surface area (Å²) in [6.07, 6.45) is 8.08. The molecule has 2 saturated heterocycles. The number of anilines is 1. The lowest BCUT2D eigenvalue weighted by Gasteiger charge is -2.29. The first-order valence-electron chi connectivity index (χ1n) is 8.02. The Hall–Kier alpha value is -1.20. The summed E-state index contributed by atoms with van der Waals surface area (Å²) in [6, 6.07) is 0.722. The van der Waals surface area contributed by atoms with Gasteiger partial charge in [0.25, 0.3) is 0 Å². The Morgan fingerprint density at radius 1 is 1.14 bits per heavy atom. The minimum absolute atomic E-state index is 0.722. The van der Waals surface area contributed by atoms with Gasteiger partial charge in [0.1, 0.15) is 0 Å². The summed E-state index contributed by atoms with van der Waals surface area (Å²) in [5, 5.41) is 0. The third-order valence-electron chi connectivity index (χ3n) is 4.80. The smallest absolute Gasteiger partial charge is 0.224 e. The molecule has 5 nitrogen and oxygen atoms in total. The van der Waals surface area contributed by atoms with Crippen molar-refractivity contribution in [1.82, 2.24) is 19.8 Å². The number of aromatic nitrogens is 2. The van der Waals surface area contributed by atoms with Crippen LogP contribution in [-0.4, -0.2) is 66.6 Å². The first kappa shape index (κ1) is 14.7. The summed E-state index contributed by atoms with van der Waals surface area (Å²) in [7, 11) is 6.24. The highest BCUT2D eigenvalue weighted by Crippen LogP contribution is 2.26. The maximum absolute atomic E-state index is 4.43. The van der Waals surface area contributed by atoms with Crippen LogP contribution >= 0.6 is 0 Å². The van der Waals surface area contributed by atoms with E-state index in [9.17, 15) is 0 Å². The van der Waals surface area contributed by atoms with Crippen molar-refractivity contribution in [3.63, 3.8) is 0 Å². The average Bonchev–Trinajstić information content (AvgIpc) is 2.68. The number of rotatable bonds is 3. The van der Waals surface area contributed by atoms with Gasteiger partial charge in [-0.15, -0.1) is 0 Å². The minimum atomic E-state index is 0.722. The van der Waals surface area contributed by atoms with E-state index in [0.717, 1.165) is 24.5 Å². The molecule has 2 bridgehead atoms. The zero-order valence-corrected chi connectivity index (χ0v) is 13.5. The molecule has 3 rings (SSSR count). The van der Waals surface area contributed by atoms with Crippen LogP contribution in [0.15, 0.2) is 12.4 Å². The summed E-state index contributed by atoms with van der Waals surface area (Å²) in [5.74, 6) is 1.61. The van der Waals surface area contributed by atoms with Crippen LogP contribution in [0.5, 0.6) is 0 Å². The molecule has 2 aliphatic heterocycles. The predicted molar refractivity (Wildman–Crippen MR) is 85.4 cm³/mol. The van der Waals surface area contributed by atoms with E-state index in [1.54, 1.807) is 0 Å². The number of fused-ring (bicyclic) bond motifs is 3. The Balaban J connectivity index is 1.67. The summed E-state index contributed by atoms with van der Waals surface area (Å²) < 4.78 is 0. The molecule has 0 N–H and O–H groups in total. The van der Waals surface area contributed by atoms with E-state index in [1.165, 1.54) is 44.5 Å². The fraction of sp³-hybridized carbons (Fsp3) is 0.750. The summed E-state index contributed by atoms with van der Waals surface area (Å²) in [5.41, 5.74) is 1.23. The molecule has 0 radical (unpaired) electrons. The zero-order valence-electron chi connectivity index (χ0n) is 13.5. The van der Waals surface area contributed by atoms with Crippen LogP contribution in [0, 0.1) is 5.92 Å². The van der Waals surface area contributed by atoms with Crippen LogP contribution in [0.4, 0.5) is 5.95 Å². The van der Waals surface area contributed by atoms with Gasteiger partial charge in [-0.05, 0) is 25.8 Å². The number of hydrogen-bond donors (Lipinski definition) is 0. The second kappa shape index (κ2) is 6.28. The molecule has 2 aliphatic rings. The standard InChI is InChI=1S/C16H27N5/c1-19(2)16-17-7-14(8-18-16)11-21-10-13-5-4-6-15(12-21)20(3)9-13/h7-8,13,15H,4-6,9-12H2,1-3H3/t13-,15-/m0/s1. The highest BCUT2D eigenvalue weighted by molar-refractivity contribution is 5.26. The quantitative estimate of drug-likeness (QED) is 0.842. The van der Waals surface area contributed by atoms with Gasteiger partial charge in [0.15, 0.2) is 0 Å². The highest BCUT2D eigenvalue weighted by atomic mass is 15.2. The minimum Gasteiger partial charge on any atom is -0.347 e. The number of nitrogens with zero attached hydrogens (tertiary/aromatic N) is 5. The van der Waals surface area contributed by atoms with Gasteiger partial charge in [-0.3, -0.25) is 4.90 Å². The Kier molecular flexibility index (Phi) is 4.40. The third-order valence-corrected chi connectivity index (χ3v) is 4.80. The van der Waals surface area contributed by atoms with E-state index in [1.807, 2.05) is 31.4 Å². The maximum atomic E-state index is 4.43. The van der Waals surface area contributed by atoms with Crippen LogP contribution in [0.25, 0.3) is 0 Å². The van der Waals surface area contributed by atoms with Gasteiger partial charge in [0, 0.05) is 64.3 Å². The van der Waals surface area contributed by atoms with Crippen molar-refractivity contribution in [2.45, 2.75) is 31.8 Å². The Morgan fingerprint density at radius 2 is 1.90 bits per heavy atom. The van der Waals surface area contributed by atoms with Gasteiger partial charge >= 0.3 is 0 Å². The first-order valence-corrected chi connectivity index (χ1v) is 8.02. The zero-order chi connectivity index (χ0) is 14.8. The lowest BCUT2D eigenvalue weighted by Crippen LogP contribution is -2.38. The van der Waals surface area contributed by atoms with E-state index in [4.69, 9.17) is 0 Å². The number of hydrogen-bond acceptors (Lipinski definition) is 5. The summed E-state index contributed by atoms with van der Waals surface area (Å²) in [6.45, 7) is 4.64. The van der Waals surface area contributed by atoms with Gasteiger partial charge in [-0.2, -0.15) is 0 Å². The second-order valence-corrected chi connectivity index (χ2v) is 6.87. The molecular weight excluding hydrogens is 262 g/mol. The van der Waals surface area contributed by atoms with Crippen LogP contribution < -0.4 is 4.90 Å². The normalized spacial score (nSPS) is 27.4. The van der Waals surface area contributed by atoms with E-state index in [0.29, 0.717) is 0 Å². The van der Waals surface area contributed by atoms with Gasteiger partial charge < -0.3 is 9.80 Å². The first-order chi connectivity index (χ1) is 10.1. The fourth-order valence-electron chi connectivity index (χ4n) is 3.68. The van der Waals surface area contributed by atoms with E-state index in [2.05, 4.69) is 26.8 Å². The molecule has 1 aromatic rings. The number of likely N-dealkylation sites (tertiary alicyclic amines) is 1. The van der Waals surface area contributed by atoms with E-state index in [-0.39, 0.29) is 0 Å². The predicted octanol–water partition coefficient (Wildman–Crippen LogP) is 1.46. The van der Waals surface area contributed by atoms with Crippen molar-refractivity contribution < 1.29 is 0 Å². The Morgan fingerprint density at radius 3 is 2.62 bits per heavy atom. The molecular formula is C16H27N5. The van der Waals surface area contributed by atoms with Gasteiger partial charge in [-0.25, -0.2) is 9.97 Å². The third kappa shape index (κ3) is 3.52. The van der Waals surface area contributed by atoms with Crippen molar-refractivity contribution in [2.24, 2.45) is 5.92 Å². The fourth-order valence-corrected chi connectivity index (χ4v) is 3.68. The molecule has 1 aromatic heterocycles. The largest absolute Gasteiger partial charge is 0.347 e. The van der Waals surface area contributed by atoms with Crippen molar-refractivity contribution in [3.8, 4) is 0 Å². The van der Waals surface area contributed by atoms with Crippen molar-refractivity contribution in [1.29, 1.82) is 0 Å². The lowest BCUT2D eigenvalue weighted by atomic mass is 9.99. The van der Waals surface area contributed by atoms with Gasteiger partial charge in [0.05, 0.1) is 0 Å². The van der Waals surface area contributed by atoms with Crippen LogP contribution in [0.2, 0.25) is 0 Å². The molecule has 0 saturated carbocycles. The monoisotopic (exact) mass is 289 g/mol. The summed E-state index contributed by atoms with van der Waals surface area (Å²) >= 11 is 0. The molecule has 0 aromatic carbocycles. The number of likely N-dealkylation sites (N-methyl/N-ethyl adjacent to an activating group) is 1. The molecule has 5 heteroatoms. The van der Waals surface area contributed by atoms with Gasteiger partial charge in [0.2, 0.25) is 5.95 Å². The summed E-state index contributed by atoms with van der Waals surface area (Å²) in [4.78, 5) is 16.0. The second-order valence-electron chi connectivity index (χ2n) is 6.87. The molecule has 2 fully saturated rings. The topological polar surface area (TPSA) is 35.5 Å². The average molecular weight is 289 g/mol. The van der Waals surface area contributed by atoms with Crippen molar-refractivity contribution in [3.05, 3.63) is 18.0 Å². The van der Waals surface area contributed by atoms with Crippen molar-refractivity contribution in [2.75, 3.05) is 45.7 Å². The molecule has 0 amide bonds. The van der Waals surface area contributed by atoms with Gasteiger partial charge in [-0.1, -0.05) is 6.42 Å². The highest BCUT2D eigenvalue weighted by Gasteiger charge is 2.30. The van der Waals surface area contributed by atoms with Crippen molar-refractivity contribution >= 4 is 5.95 Å².